The molecule has 0 aromatic heterocycles. The maximum atomic E-state index is 11.7. The van der Waals surface area contributed by atoms with Gasteiger partial charge in [0.2, 0.25) is 0 Å². The molecule has 0 fully saturated rings. The molecule has 9 heteroatoms. The van der Waals surface area contributed by atoms with Crippen molar-refractivity contribution in [2.24, 2.45) is 0 Å². The molecule has 0 N–H and O–H groups in total. The van der Waals surface area contributed by atoms with Gasteiger partial charge in [-0.05, 0) is 107 Å². The van der Waals surface area contributed by atoms with Crippen LogP contribution in [0.3, 0.4) is 0 Å². The number of hydrogen-bond acceptors (Lipinski definition) is 6. The van der Waals surface area contributed by atoms with Gasteiger partial charge in [0, 0.05) is 0 Å². The van der Waals surface area contributed by atoms with Crippen LogP contribution in [0.15, 0.2) is 70.5 Å². The summed E-state index contributed by atoms with van der Waals surface area (Å²) in [6.45, 7) is 8.71. The molecule has 0 aliphatic rings. The van der Waals surface area contributed by atoms with Crippen LogP contribution >= 0.6 is 0 Å². The molecule has 0 spiro atoms. The van der Waals surface area contributed by atoms with Gasteiger partial charge in [0.25, 0.3) is 0 Å². The minimum Gasteiger partial charge on any atom is -0.744 e. The van der Waals surface area contributed by atoms with Crippen molar-refractivity contribution in [2.75, 3.05) is 0 Å². The average molecular weight is 791 g/mol. The van der Waals surface area contributed by atoms with Crippen LogP contribution in [-0.4, -0.2) is 63.7 Å². The Morgan fingerprint density at radius 1 is 0.415 bits per heavy atom. The largest absolute Gasteiger partial charge is 2.00 e. The summed E-state index contributed by atoms with van der Waals surface area (Å²) in [4.78, 5) is -0.0885. The van der Waals surface area contributed by atoms with Gasteiger partial charge in [0.1, 0.15) is 20.2 Å². The molecule has 0 aliphatic heterocycles. The van der Waals surface area contributed by atoms with E-state index < -0.39 is 20.2 Å². The van der Waals surface area contributed by atoms with Gasteiger partial charge < -0.3 is 9.11 Å². The van der Waals surface area contributed by atoms with Gasteiger partial charge >= 0.3 is 37.7 Å². The normalized spacial score (nSPS) is 11.7. The van der Waals surface area contributed by atoms with Gasteiger partial charge in [-0.3, -0.25) is 0 Å². The van der Waals surface area contributed by atoms with Gasteiger partial charge in [-0.25, -0.2) is 16.8 Å². The van der Waals surface area contributed by atoms with E-state index in [2.05, 4.69) is 52.0 Å². The van der Waals surface area contributed by atoms with Crippen LogP contribution in [0, 0.1) is 0 Å². The third-order valence-corrected chi connectivity index (χ3v) is 11.9. The molecule has 0 bridgehead atoms. The van der Waals surface area contributed by atoms with E-state index in [0.29, 0.717) is 24.0 Å². The Bertz CT molecular complexity index is 1770. The van der Waals surface area contributed by atoms with Crippen molar-refractivity contribution >= 4 is 79.5 Å². The summed E-state index contributed by atoms with van der Waals surface area (Å²) in [6, 6.07) is 19.1. The zero-order chi connectivity index (χ0) is 38.0. The number of fused-ring (bicyclic) bond motifs is 2. The molecule has 0 atom stereocenters. The quantitative estimate of drug-likeness (QED) is 0.0445. The van der Waals surface area contributed by atoms with E-state index >= 15 is 0 Å². The zero-order valence-corrected chi connectivity index (χ0v) is 36.7. The maximum Gasteiger partial charge on any atom is 2.00 e. The van der Waals surface area contributed by atoms with Crippen molar-refractivity contribution in [1.82, 2.24) is 0 Å². The van der Waals surface area contributed by atoms with Gasteiger partial charge in [-0.15, -0.1) is 0 Å². The minimum atomic E-state index is -4.45. The van der Waals surface area contributed by atoms with E-state index in [1.807, 2.05) is 12.1 Å². The standard InChI is InChI=1S/2C22H32O3S.Ca/c2*1-3-5-7-9-11-18-13-15-20-19(17-18)14-16-22(26(23,24)25)21(20)12-10-8-6-4-2;/h2*13-17H,3-12H2,1-2H3,(H,23,24,25);/q;;+2/p-2. The number of aryl methyl sites for hydroxylation is 4. The summed E-state index contributed by atoms with van der Waals surface area (Å²) in [7, 11) is -8.90. The molecule has 0 radical (unpaired) electrons. The van der Waals surface area contributed by atoms with E-state index in [1.165, 1.54) is 74.6 Å². The first kappa shape index (κ1) is 47.6. The summed E-state index contributed by atoms with van der Waals surface area (Å²) in [5.74, 6) is 0. The Labute approximate surface area is 351 Å². The third-order valence-electron chi connectivity index (χ3n) is 10.0. The van der Waals surface area contributed by atoms with Crippen LogP contribution in [0.25, 0.3) is 21.5 Å². The van der Waals surface area contributed by atoms with Crippen LogP contribution in [0.4, 0.5) is 0 Å². The first-order valence-electron chi connectivity index (χ1n) is 19.9. The van der Waals surface area contributed by atoms with E-state index in [9.17, 15) is 25.9 Å². The Morgan fingerprint density at radius 3 is 1.04 bits per heavy atom. The predicted molar refractivity (Wildman–Crippen MR) is 221 cm³/mol. The molecule has 0 amide bonds. The second-order valence-electron chi connectivity index (χ2n) is 14.3. The molecule has 0 saturated carbocycles. The smallest absolute Gasteiger partial charge is 0.744 e. The second-order valence-corrected chi connectivity index (χ2v) is 17.0. The third kappa shape index (κ3) is 15.9. The number of unbranched alkanes of at least 4 members (excludes halogenated alkanes) is 12. The van der Waals surface area contributed by atoms with Crippen molar-refractivity contribution in [3.63, 3.8) is 0 Å². The van der Waals surface area contributed by atoms with Gasteiger partial charge in [-0.2, -0.15) is 0 Å². The molecule has 0 unspecified atom stereocenters. The average Bonchev–Trinajstić information content (AvgIpc) is 3.11. The molecule has 4 rings (SSSR count). The van der Waals surface area contributed by atoms with Crippen LogP contribution < -0.4 is 0 Å². The van der Waals surface area contributed by atoms with Crippen molar-refractivity contribution in [1.29, 1.82) is 0 Å². The Balaban J connectivity index is 0.000000360. The molecular formula is C44H62CaO6S2. The van der Waals surface area contributed by atoms with Crippen LogP contribution in [0.1, 0.15) is 153 Å². The molecule has 0 heterocycles. The summed E-state index contributed by atoms with van der Waals surface area (Å²) in [5.41, 5.74) is 3.96. The molecule has 0 saturated heterocycles. The van der Waals surface area contributed by atoms with Crippen molar-refractivity contribution in [2.45, 2.75) is 166 Å². The predicted octanol–water partition coefficient (Wildman–Crippen LogP) is 11.6. The van der Waals surface area contributed by atoms with Crippen LogP contribution in [-0.2, 0) is 45.9 Å². The van der Waals surface area contributed by atoms with Crippen molar-refractivity contribution < 1.29 is 25.9 Å². The zero-order valence-electron chi connectivity index (χ0n) is 32.9. The fraction of sp³-hybridized carbons (Fsp3) is 0.545. The molecule has 53 heavy (non-hydrogen) atoms. The Kier molecular flexibility index (Phi) is 22.4. The molecule has 0 aliphatic carbocycles. The minimum absolute atomic E-state index is 0. The Morgan fingerprint density at radius 2 is 0.736 bits per heavy atom. The fourth-order valence-corrected chi connectivity index (χ4v) is 8.61. The van der Waals surface area contributed by atoms with E-state index in [1.54, 1.807) is 12.1 Å². The second kappa shape index (κ2) is 24.9. The topological polar surface area (TPSA) is 114 Å². The van der Waals surface area contributed by atoms with Gasteiger partial charge in [-0.1, -0.05) is 153 Å². The summed E-state index contributed by atoms with van der Waals surface area (Å²) in [6.07, 6.45) is 21.6. The van der Waals surface area contributed by atoms with E-state index in [-0.39, 0.29) is 47.5 Å². The van der Waals surface area contributed by atoms with Crippen LogP contribution in [0.2, 0.25) is 0 Å². The van der Waals surface area contributed by atoms with Gasteiger partial charge in [0.15, 0.2) is 0 Å². The molecule has 4 aromatic rings. The monoisotopic (exact) mass is 790 g/mol. The Hall–Kier alpha value is -1.52. The van der Waals surface area contributed by atoms with Crippen LogP contribution in [0.5, 0.6) is 0 Å². The summed E-state index contributed by atoms with van der Waals surface area (Å²) >= 11 is 0. The van der Waals surface area contributed by atoms with Crippen molar-refractivity contribution in [3.05, 3.63) is 82.9 Å². The van der Waals surface area contributed by atoms with Crippen molar-refractivity contribution in [3.8, 4) is 0 Å². The first-order valence-corrected chi connectivity index (χ1v) is 22.8. The SMILES string of the molecule is CCCCCCc1ccc2c(CCCCCC)c(S(=O)(=O)[O-])ccc2c1.CCCCCCc1ccc2c(CCCCCC)c(S(=O)(=O)[O-])ccc2c1.[Ca+2]. The molecule has 6 nitrogen and oxygen atoms in total. The summed E-state index contributed by atoms with van der Waals surface area (Å²) < 4.78 is 70.2. The fourth-order valence-electron chi connectivity index (χ4n) is 7.11. The molecule has 4 aromatic carbocycles. The number of hydrogen-bond donors (Lipinski definition) is 0. The number of rotatable bonds is 22. The number of benzene rings is 4. The maximum absolute atomic E-state index is 11.7. The molecular weight excluding hydrogens is 729 g/mol. The van der Waals surface area contributed by atoms with Gasteiger partial charge in [0.05, 0.1) is 9.79 Å². The van der Waals surface area contributed by atoms with E-state index in [4.69, 9.17) is 0 Å². The van der Waals surface area contributed by atoms with E-state index in [0.717, 1.165) is 85.8 Å². The molecule has 288 valence electrons. The summed E-state index contributed by atoms with van der Waals surface area (Å²) in [5, 5.41) is 3.90. The first-order chi connectivity index (χ1) is 24.9.